The lowest BCUT2D eigenvalue weighted by Gasteiger charge is -2.22. The molecule has 0 aliphatic carbocycles. The minimum absolute atomic E-state index is 0. The molecule has 1 saturated heterocycles. The Morgan fingerprint density at radius 3 is 2.67 bits per heavy atom. The number of likely N-dealkylation sites (tertiary alicyclic amines) is 1. The summed E-state index contributed by atoms with van der Waals surface area (Å²) in [5, 5.41) is 3.43. The van der Waals surface area contributed by atoms with Crippen molar-refractivity contribution in [2.75, 3.05) is 34.4 Å². The van der Waals surface area contributed by atoms with Gasteiger partial charge in [0, 0.05) is 44.4 Å². The number of rotatable bonds is 5. The zero-order valence-electron chi connectivity index (χ0n) is 16.0. The van der Waals surface area contributed by atoms with Crippen LogP contribution < -0.4 is 14.8 Å². The standard InChI is InChI=1S/C20H26N4O2.HI/c1-21-20(23-13-16-5-4-11-22-19(16)26-3)24-12-10-17(14-24)15-6-8-18(25-2)9-7-15;/h4-9,11,17H,10,12-14H2,1-3H3,(H,21,23);1H. The molecule has 1 aliphatic rings. The van der Waals surface area contributed by atoms with Crippen LogP contribution in [0.1, 0.15) is 23.5 Å². The van der Waals surface area contributed by atoms with Crippen molar-refractivity contribution in [1.82, 2.24) is 15.2 Å². The third-order valence-electron chi connectivity index (χ3n) is 4.77. The van der Waals surface area contributed by atoms with Gasteiger partial charge in [0.05, 0.1) is 14.2 Å². The summed E-state index contributed by atoms with van der Waals surface area (Å²) in [5.74, 6) is 2.96. The average Bonchev–Trinajstić information content (AvgIpc) is 3.19. The summed E-state index contributed by atoms with van der Waals surface area (Å²) in [7, 11) is 5.16. The summed E-state index contributed by atoms with van der Waals surface area (Å²) in [6.07, 6.45) is 2.85. The van der Waals surface area contributed by atoms with E-state index in [-0.39, 0.29) is 24.0 Å². The number of aromatic nitrogens is 1. The fourth-order valence-electron chi connectivity index (χ4n) is 3.35. The number of benzene rings is 1. The molecule has 1 unspecified atom stereocenters. The summed E-state index contributed by atoms with van der Waals surface area (Å²) in [6, 6.07) is 12.3. The molecule has 0 amide bonds. The molecule has 1 atom stereocenters. The molecule has 1 aliphatic heterocycles. The van der Waals surface area contributed by atoms with E-state index in [1.54, 1.807) is 20.4 Å². The van der Waals surface area contributed by atoms with Gasteiger partial charge in [-0.05, 0) is 30.2 Å². The highest BCUT2D eigenvalue weighted by molar-refractivity contribution is 14.0. The lowest BCUT2D eigenvalue weighted by atomic mass is 9.98. The van der Waals surface area contributed by atoms with Crippen LogP contribution >= 0.6 is 24.0 Å². The Balaban J connectivity index is 0.00000261. The normalized spacial score (nSPS) is 16.6. The maximum atomic E-state index is 5.32. The number of nitrogens with zero attached hydrogens (tertiary/aromatic N) is 3. The molecule has 6 nitrogen and oxygen atoms in total. The van der Waals surface area contributed by atoms with Crippen molar-refractivity contribution < 1.29 is 9.47 Å². The number of nitrogens with one attached hydrogen (secondary N) is 1. The van der Waals surface area contributed by atoms with Gasteiger partial charge in [-0.2, -0.15) is 0 Å². The zero-order chi connectivity index (χ0) is 18.4. The second kappa shape index (κ2) is 10.3. The second-order valence-electron chi connectivity index (χ2n) is 6.28. The third-order valence-corrected chi connectivity index (χ3v) is 4.77. The minimum Gasteiger partial charge on any atom is -0.497 e. The van der Waals surface area contributed by atoms with Crippen LogP contribution in [0, 0.1) is 0 Å². The highest BCUT2D eigenvalue weighted by Gasteiger charge is 2.26. The predicted molar refractivity (Wildman–Crippen MR) is 118 cm³/mol. The van der Waals surface area contributed by atoms with Gasteiger partial charge in [0.1, 0.15) is 5.75 Å². The van der Waals surface area contributed by atoms with E-state index in [9.17, 15) is 0 Å². The van der Waals surface area contributed by atoms with Crippen molar-refractivity contribution in [1.29, 1.82) is 0 Å². The van der Waals surface area contributed by atoms with Crippen LogP contribution in [0.3, 0.4) is 0 Å². The number of guanidine groups is 1. The maximum absolute atomic E-state index is 5.32. The van der Waals surface area contributed by atoms with Crippen molar-refractivity contribution in [2.45, 2.75) is 18.9 Å². The number of ether oxygens (including phenoxy) is 2. The highest BCUT2D eigenvalue weighted by Crippen LogP contribution is 2.28. The molecular formula is C20H27IN4O2. The zero-order valence-corrected chi connectivity index (χ0v) is 18.3. The number of aliphatic imine (C=N–C) groups is 1. The Morgan fingerprint density at radius 2 is 2.00 bits per heavy atom. The molecule has 146 valence electrons. The van der Waals surface area contributed by atoms with Crippen LogP contribution in [0.4, 0.5) is 0 Å². The number of hydrogen-bond acceptors (Lipinski definition) is 4. The Hall–Kier alpha value is -2.03. The Bertz CT molecular complexity index is 752. The molecule has 0 spiro atoms. The molecular weight excluding hydrogens is 455 g/mol. The van der Waals surface area contributed by atoms with E-state index in [1.807, 2.05) is 31.3 Å². The number of methoxy groups -OCH3 is 2. The van der Waals surface area contributed by atoms with E-state index < -0.39 is 0 Å². The fraction of sp³-hybridized carbons (Fsp3) is 0.400. The molecule has 27 heavy (non-hydrogen) atoms. The van der Waals surface area contributed by atoms with E-state index in [1.165, 1.54) is 5.56 Å². The van der Waals surface area contributed by atoms with Gasteiger partial charge in [0.2, 0.25) is 5.88 Å². The average molecular weight is 482 g/mol. The summed E-state index contributed by atoms with van der Waals surface area (Å²) in [6.45, 7) is 2.57. The van der Waals surface area contributed by atoms with Gasteiger partial charge in [-0.3, -0.25) is 4.99 Å². The predicted octanol–water partition coefficient (Wildman–Crippen LogP) is 3.28. The van der Waals surface area contributed by atoms with Crippen LogP contribution in [-0.2, 0) is 6.54 Å². The first-order valence-corrected chi connectivity index (χ1v) is 8.82. The van der Waals surface area contributed by atoms with Gasteiger partial charge >= 0.3 is 0 Å². The van der Waals surface area contributed by atoms with E-state index in [2.05, 4.69) is 32.3 Å². The first kappa shape index (κ1) is 21.3. The first-order valence-electron chi connectivity index (χ1n) is 8.82. The molecule has 7 heteroatoms. The molecule has 1 N–H and O–H groups in total. The third kappa shape index (κ3) is 5.24. The van der Waals surface area contributed by atoms with E-state index in [0.717, 1.165) is 36.8 Å². The van der Waals surface area contributed by atoms with Gasteiger partial charge < -0.3 is 19.7 Å². The Morgan fingerprint density at radius 1 is 1.22 bits per heavy atom. The van der Waals surface area contributed by atoms with Gasteiger partial charge in [0.25, 0.3) is 0 Å². The Labute approximate surface area is 178 Å². The molecule has 0 bridgehead atoms. The topological polar surface area (TPSA) is 59.0 Å². The summed E-state index contributed by atoms with van der Waals surface area (Å²) < 4.78 is 10.6. The van der Waals surface area contributed by atoms with E-state index in [4.69, 9.17) is 9.47 Å². The van der Waals surface area contributed by atoms with Gasteiger partial charge in [-0.1, -0.05) is 18.2 Å². The van der Waals surface area contributed by atoms with Gasteiger partial charge in [-0.25, -0.2) is 4.98 Å². The van der Waals surface area contributed by atoms with Gasteiger partial charge in [-0.15, -0.1) is 24.0 Å². The van der Waals surface area contributed by atoms with E-state index >= 15 is 0 Å². The van der Waals surface area contributed by atoms with Crippen molar-refractivity contribution in [3.8, 4) is 11.6 Å². The number of hydrogen-bond donors (Lipinski definition) is 1. The number of halogens is 1. The summed E-state index contributed by atoms with van der Waals surface area (Å²) in [4.78, 5) is 11.0. The van der Waals surface area contributed by atoms with Crippen LogP contribution in [0.25, 0.3) is 0 Å². The molecule has 2 heterocycles. The summed E-state index contributed by atoms with van der Waals surface area (Å²) >= 11 is 0. The molecule has 0 saturated carbocycles. The Kier molecular flexibility index (Phi) is 8.15. The molecule has 1 aromatic carbocycles. The molecule has 1 fully saturated rings. The van der Waals surface area contributed by atoms with Crippen molar-refractivity contribution >= 4 is 29.9 Å². The largest absolute Gasteiger partial charge is 0.497 e. The quantitative estimate of drug-likeness (QED) is 0.403. The molecule has 3 rings (SSSR count). The molecule has 2 aromatic rings. The molecule has 1 aromatic heterocycles. The maximum Gasteiger partial charge on any atom is 0.218 e. The SMILES string of the molecule is CN=C(NCc1cccnc1OC)N1CCC(c2ccc(OC)cc2)C1.I. The van der Waals surface area contributed by atoms with E-state index in [0.29, 0.717) is 18.3 Å². The first-order chi connectivity index (χ1) is 12.7. The lowest BCUT2D eigenvalue weighted by Crippen LogP contribution is -2.39. The van der Waals surface area contributed by atoms with Crippen molar-refractivity contribution in [3.05, 3.63) is 53.7 Å². The van der Waals surface area contributed by atoms with Crippen LogP contribution in [0.2, 0.25) is 0 Å². The monoisotopic (exact) mass is 482 g/mol. The lowest BCUT2D eigenvalue weighted by molar-refractivity contribution is 0.391. The van der Waals surface area contributed by atoms with Crippen molar-refractivity contribution in [2.24, 2.45) is 4.99 Å². The smallest absolute Gasteiger partial charge is 0.218 e. The molecule has 0 radical (unpaired) electrons. The van der Waals surface area contributed by atoms with Crippen molar-refractivity contribution in [3.63, 3.8) is 0 Å². The summed E-state index contributed by atoms with van der Waals surface area (Å²) in [5.41, 5.74) is 2.36. The van der Waals surface area contributed by atoms with Crippen LogP contribution in [-0.4, -0.2) is 50.2 Å². The second-order valence-corrected chi connectivity index (χ2v) is 6.28. The van der Waals surface area contributed by atoms with Crippen LogP contribution in [0.15, 0.2) is 47.6 Å². The highest BCUT2D eigenvalue weighted by atomic mass is 127. The number of pyridine rings is 1. The minimum atomic E-state index is 0. The van der Waals surface area contributed by atoms with Crippen LogP contribution in [0.5, 0.6) is 11.6 Å². The fourth-order valence-corrected chi connectivity index (χ4v) is 3.35. The van der Waals surface area contributed by atoms with Gasteiger partial charge in [0.15, 0.2) is 5.96 Å².